The lowest BCUT2D eigenvalue weighted by Crippen LogP contribution is -2.51. The normalized spacial score (nSPS) is 22.4. The molecule has 1 rings (SSSR count). The summed E-state index contributed by atoms with van der Waals surface area (Å²) >= 11 is 0. The van der Waals surface area contributed by atoms with E-state index in [0.717, 1.165) is 38.6 Å². The van der Waals surface area contributed by atoms with E-state index in [1.807, 2.05) is 7.05 Å². The molecule has 0 amide bonds. The van der Waals surface area contributed by atoms with E-state index >= 15 is 0 Å². The highest BCUT2D eigenvalue weighted by atomic mass is 15.6. The van der Waals surface area contributed by atoms with Crippen molar-refractivity contribution in [3.63, 3.8) is 0 Å². The van der Waals surface area contributed by atoms with Crippen LogP contribution in [0.3, 0.4) is 0 Å². The summed E-state index contributed by atoms with van der Waals surface area (Å²) in [6.45, 7) is 3.64. The van der Waals surface area contributed by atoms with Crippen LogP contribution in [0, 0.1) is 0 Å². The molecule has 1 fully saturated rings. The molecule has 94 valence electrons. The Hall–Kier alpha value is -0.890. The lowest BCUT2D eigenvalue weighted by atomic mass is 10.4. The Bertz CT molecular complexity index is 218. The molecule has 0 aromatic rings. The smallest absolute Gasteiger partial charge is 0.190 e. The average Bonchev–Trinajstić information content (AvgIpc) is 2.70. The summed E-state index contributed by atoms with van der Waals surface area (Å²) in [5, 5.41) is 14.5. The monoisotopic (exact) mass is 229 g/mol. The van der Waals surface area contributed by atoms with Crippen molar-refractivity contribution in [3.05, 3.63) is 0 Å². The lowest BCUT2D eigenvalue weighted by molar-refractivity contribution is 0.209. The molecular weight excluding hydrogens is 206 g/mol. The predicted octanol–water partition coefficient (Wildman–Crippen LogP) is -2.18. The third-order valence-corrected chi connectivity index (χ3v) is 2.48. The summed E-state index contributed by atoms with van der Waals surface area (Å²) in [4.78, 5) is 4.03. The van der Waals surface area contributed by atoms with Crippen molar-refractivity contribution in [1.29, 1.82) is 0 Å². The van der Waals surface area contributed by atoms with E-state index in [1.165, 1.54) is 0 Å². The Morgan fingerprint density at radius 1 is 1.56 bits per heavy atom. The van der Waals surface area contributed by atoms with Crippen LogP contribution in [0.5, 0.6) is 0 Å². The molecule has 1 aliphatic heterocycles. The topological polar surface area (TPSA) is 89.7 Å². The number of aliphatic imine (C=N–C) groups is 1. The fourth-order valence-electron chi connectivity index (χ4n) is 1.58. The zero-order valence-corrected chi connectivity index (χ0v) is 10.1. The Morgan fingerprint density at radius 3 is 2.94 bits per heavy atom. The van der Waals surface area contributed by atoms with Crippen LogP contribution in [-0.4, -0.2) is 57.5 Å². The first-order valence-electron chi connectivity index (χ1n) is 5.64. The van der Waals surface area contributed by atoms with Gasteiger partial charge in [0.2, 0.25) is 0 Å². The van der Waals surface area contributed by atoms with E-state index in [-0.39, 0.29) is 6.29 Å². The molecule has 0 saturated carbocycles. The van der Waals surface area contributed by atoms with Crippen LogP contribution >= 0.6 is 0 Å². The molecule has 1 heterocycles. The molecule has 7 nitrogen and oxygen atoms in total. The highest BCUT2D eigenvalue weighted by Crippen LogP contribution is 1.92. The van der Waals surface area contributed by atoms with Gasteiger partial charge in [-0.3, -0.25) is 21.5 Å². The molecule has 1 saturated heterocycles. The number of rotatable bonds is 5. The second kappa shape index (κ2) is 7.39. The summed E-state index contributed by atoms with van der Waals surface area (Å²) in [7, 11) is 3.61. The molecule has 16 heavy (non-hydrogen) atoms. The minimum Gasteiger partial charge on any atom is -0.359 e. The Kier molecular flexibility index (Phi) is 6.09. The first kappa shape index (κ1) is 13.2. The summed E-state index contributed by atoms with van der Waals surface area (Å²) in [6, 6.07) is 0. The van der Waals surface area contributed by atoms with Gasteiger partial charge in [-0.1, -0.05) is 0 Å². The van der Waals surface area contributed by atoms with Gasteiger partial charge in [0.15, 0.2) is 5.96 Å². The standard InChI is InChI=1S/C9H23N7/c1-11-8(12-2)13-4-3-5-14-9-15-6-7-16(9)10/h9,14-15H,3-7,10H2,1-2H3,(H2,11,12,13). The molecule has 6 N–H and O–H groups in total. The van der Waals surface area contributed by atoms with Crippen molar-refractivity contribution in [2.75, 3.05) is 40.3 Å². The van der Waals surface area contributed by atoms with E-state index in [0.29, 0.717) is 0 Å². The number of nitrogens with two attached hydrogens (primary N) is 1. The number of hydrogen-bond acceptors (Lipinski definition) is 5. The third-order valence-electron chi connectivity index (χ3n) is 2.48. The van der Waals surface area contributed by atoms with Gasteiger partial charge in [0.25, 0.3) is 0 Å². The second-order valence-corrected chi connectivity index (χ2v) is 3.65. The van der Waals surface area contributed by atoms with Crippen molar-refractivity contribution in [2.24, 2.45) is 10.8 Å². The molecule has 0 bridgehead atoms. The summed E-state index contributed by atoms with van der Waals surface area (Å²) < 4.78 is 0. The third kappa shape index (κ3) is 4.31. The first-order chi connectivity index (χ1) is 7.77. The molecule has 1 unspecified atom stereocenters. The van der Waals surface area contributed by atoms with Gasteiger partial charge in [-0.2, -0.15) is 0 Å². The molecule has 7 heteroatoms. The van der Waals surface area contributed by atoms with Gasteiger partial charge < -0.3 is 10.6 Å². The van der Waals surface area contributed by atoms with Crippen LogP contribution in [0.1, 0.15) is 6.42 Å². The number of nitrogens with one attached hydrogen (secondary N) is 4. The fraction of sp³-hybridized carbons (Fsp3) is 0.889. The number of hydrazine groups is 1. The maximum atomic E-state index is 5.75. The molecule has 0 aliphatic carbocycles. The van der Waals surface area contributed by atoms with Crippen LogP contribution in [-0.2, 0) is 0 Å². The van der Waals surface area contributed by atoms with Crippen molar-refractivity contribution in [1.82, 2.24) is 26.3 Å². The van der Waals surface area contributed by atoms with E-state index in [1.54, 1.807) is 12.1 Å². The van der Waals surface area contributed by atoms with Crippen LogP contribution < -0.4 is 27.1 Å². The van der Waals surface area contributed by atoms with E-state index < -0.39 is 0 Å². The van der Waals surface area contributed by atoms with Crippen molar-refractivity contribution >= 4 is 5.96 Å². The van der Waals surface area contributed by atoms with E-state index in [4.69, 9.17) is 5.84 Å². The van der Waals surface area contributed by atoms with Crippen molar-refractivity contribution in [2.45, 2.75) is 12.7 Å². The van der Waals surface area contributed by atoms with E-state index in [2.05, 4.69) is 26.3 Å². The van der Waals surface area contributed by atoms with Crippen LogP contribution in [0.2, 0.25) is 0 Å². The van der Waals surface area contributed by atoms with Gasteiger partial charge >= 0.3 is 0 Å². The minimum atomic E-state index is 0.114. The van der Waals surface area contributed by atoms with Gasteiger partial charge in [-0.25, -0.2) is 5.01 Å². The van der Waals surface area contributed by atoms with Crippen molar-refractivity contribution < 1.29 is 0 Å². The number of guanidine groups is 1. The minimum absolute atomic E-state index is 0.114. The zero-order chi connectivity index (χ0) is 11.8. The molecule has 0 aromatic carbocycles. The SMILES string of the molecule is CN=C(NC)NCCCNC1NCCN1N. The Morgan fingerprint density at radius 2 is 2.38 bits per heavy atom. The van der Waals surface area contributed by atoms with E-state index in [9.17, 15) is 0 Å². The molecule has 1 aliphatic rings. The fourth-order valence-corrected chi connectivity index (χ4v) is 1.58. The molecule has 0 radical (unpaired) electrons. The largest absolute Gasteiger partial charge is 0.359 e. The summed E-state index contributed by atoms with van der Waals surface area (Å²) in [5.41, 5.74) is 0. The molecular formula is C9H23N7. The highest BCUT2D eigenvalue weighted by Gasteiger charge is 2.18. The lowest BCUT2D eigenvalue weighted by Gasteiger charge is -2.20. The quantitative estimate of drug-likeness (QED) is 0.159. The maximum absolute atomic E-state index is 5.75. The van der Waals surface area contributed by atoms with Gasteiger partial charge in [-0.15, -0.1) is 0 Å². The van der Waals surface area contributed by atoms with Gasteiger partial charge in [-0.05, 0) is 13.0 Å². The second-order valence-electron chi connectivity index (χ2n) is 3.65. The Labute approximate surface area is 96.8 Å². The Balaban J connectivity index is 1.99. The summed E-state index contributed by atoms with van der Waals surface area (Å²) in [6.07, 6.45) is 1.14. The van der Waals surface area contributed by atoms with Crippen molar-refractivity contribution in [3.8, 4) is 0 Å². The molecule has 0 aromatic heterocycles. The van der Waals surface area contributed by atoms with Crippen LogP contribution in [0.15, 0.2) is 4.99 Å². The average molecular weight is 229 g/mol. The number of nitrogens with zero attached hydrogens (tertiary/aromatic N) is 2. The summed E-state index contributed by atoms with van der Waals surface area (Å²) in [5.74, 6) is 6.57. The van der Waals surface area contributed by atoms with Crippen LogP contribution in [0.25, 0.3) is 0 Å². The number of hydrogen-bond donors (Lipinski definition) is 5. The van der Waals surface area contributed by atoms with Crippen LogP contribution in [0.4, 0.5) is 0 Å². The maximum Gasteiger partial charge on any atom is 0.190 e. The first-order valence-corrected chi connectivity index (χ1v) is 5.64. The predicted molar refractivity (Wildman–Crippen MR) is 65.7 cm³/mol. The molecule has 0 spiro atoms. The zero-order valence-electron chi connectivity index (χ0n) is 10.1. The van der Waals surface area contributed by atoms with Gasteiger partial charge in [0.1, 0.15) is 6.29 Å². The highest BCUT2D eigenvalue weighted by molar-refractivity contribution is 5.79. The molecule has 1 atom stereocenters. The van der Waals surface area contributed by atoms with Gasteiger partial charge in [0, 0.05) is 33.7 Å². The van der Waals surface area contributed by atoms with Gasteiger partial charge in [0.05, 0.1) is 0 Å².